The van der Waals surface area contributed by atoms with Crippen molar-refractivity contribution in [1.29, 1.82) is 0 Å². The number of para-hydroxylation sites is 1. The van der Waals surface area contributed by atoms with Crippen molar-refractivity contribution >= 4 is 28.4 Å². The van der Waals surface area contributed by atoms with Crippen LogP contribution in [0.15, 0.2) is 48.9 Å². The minimum atomic E-state index is -0.293. The van der Waals surface area contributed by atoms with E-state index in [1.807, 2.05) is 49.5 Å². The molecule has 3 aromatic rings. The molecule has 1 saturated heterocycles. The zero-order valence-electron chi connectivity index (χ0n) is 15.4. The van der Waals surface area contributed by atoms with Crippen molar-refractivity contribution < 1.29 is 4.79 Å². The molecule has 7 heteroatoms. The Kier molecular flexibility index (Phi) is 4.91. The molecule has 1 fully saturated rings. The van der Waals surface area contributed by atoms with Gasteiger partial charge < -0.3 is 20.5 Å². The minimum Gasteiger partial charge on any atom is -0.374 e. The summed E-state index contributed by atoms with van der Waals surface area (Å²) in [6.45, 7) is 3.57. The van der Waals surface area contributed by atoms with Gasteiger partial charge in [0.15, 0.2) is 0 Å². The van der Waals surface area contributed by atoms with Gasteiger partial charge in [-0.1, -0.05) is 18.2 Å². The van der Waals surface area contributed by atoms with Gasteiger partial charge in [0.1, 0.15) is 23.8 Å². The number of fused-ring (bicyclic) bond motifs is 1. The maximum Gasteiger partial charge on any atom is 0.242 e. The summed E-state index contributed by atoms with van der Waals surface area (Å²) in [5.74, 6) is 0.941. The average Bonchev–Trinajstić information content (AvgIpc) is 3.18. The first kappa shape index (κ1) is 17.3. The molecule has 4 rings (SSSR count). The molecule has 3 heterocycles. The highest BCUT2D eigenvalue weighted by molar-refractivity contribution is 5.87. The van der Waals surface area contributed by atoms with Gasteiger partial charge in [-0.3, -0.25) is 4.79 Å². The molecule has 0 aliphatic carbocycles. The van der Waals surface area contributed by atoms with Gasteiger partial charge in [-0.25, -0.2) is 9.97 Å². The smallest absolute Gasteiger partial charge is 0.242 e. The molecule has 27 heavy (non-hydrogen) atoms. The maximum atomic E-state index is 12.6. The summed E-state index contributed by atoms with van der Waals surface area (Å²) in [5, 5.41) is 7.45. The molecule has 7 nitrogen and oxygen atoms in total. The number of anilines is 2. The number of carbonyl (C=O) groups is 1. The number of hydrogen-bond acceptors (Lipinski definition) is 5. The van der Waals surface area contributed by atoms with Crippen LogP contribution < -0.4 is 15.5 Å². The normalized spacial score (nSPS) is 18.3. The fourth-order valence-corrected chi connectivity index (χ4v) is 3.57. The highest BCUT2D eigenvalue weighted by atomic mass is 16.2. The molecule has 0 bridgehead atoms. The first-order valence-electron chi connectivity index (χ1n) is 9.36. The van der Waals surface area contributed by atoms with Crippen molar-refractivity contribution in [1.82, 2.24) is 20.3 Å². The molecule has 1 unspecified atom stereocenters. The molecule has 3 N–H and O–H groups in total. The first-order valence-corrected chi connectivity index (χ1v) is 9.36. The zero-order valence-corrected chi connectivity index (χ0v) is 15.4. The van der Waals surface area contributed by atoms with Gasteiger partial charge >= 0.3 is 0 Å². The lowest BCUT2D eigenvalue weighted by Gasteiger charge is -2.34. The fourth-order valence-electron chi connectivity index (χ4n) is 3.57. The molecule has 2 atom stereocenters. The number of nitrogens with one attached hydrogen (secondary N) is 3. The molecule has 0 spiro atoms. The molecule has 0 radical (unpaired) electrons. The molecule has 140 valence electrons. The van der Waals surface area contributed by atoms with Gasteiger partial charge in [0, 0.05) is 31.0 Å². The Balaban J connectivity index is 1.39. The third-order valence-corrected chi connectivity index (χ3v) is 4.95. The van der Waals surface area contributed by atoms with E-state index < -0.39 is 0 Å². The predicted octanol–water partition coefficient (Wildman–Crippen LogP) is 2.54. The van der Waals surface area contributed by atoms with Gasteiger partial charge in [0.25, 0.3) is 0 Å². The van der Waals surface area contributed by atoms with E-state index in [4.69, 9.17) is 0 Å². The second-order valence-corrected chi connectivity index (χ2v) is 6.96. The van der Waals surface area contributed by atoms with E-state index in [9.17, 15) is 4.79 Å². The summed E-state index contributed by atoms with van der Waals surface area (Å²) >= 11 is 0. The average molecular weight is 364 g/mol. The highest BCUT2D eigenvalue weighted by Crippen LogP contribution is 2.25. The predicted molar refractivity (Wildman–Crippen MR) is 107 cm³/mol. The summed E-state index contributed by atoms with van der Waals surface area (Å²) < 4.78 is 0. The topological polar surface area (TPSA) is 85.9 Å². The van der Waals surface area contributed by atoms with E-state index >= 15 is 0 Å². The molecule has 2 aromatic heterocycles. The van der Waals surface area contributed by atoms with Crippen LogP contribution in [-0.4, -0.2) is 46.0 Å². The van der Waals surface area contributed by atoms with Crippen molar-refractivity contribution in [3.8, 4) is 0 Å². The lowest BCUT2D eigenvalue weighted by Crippen LogP contribution is -2.51. The number of amides is 1. The van der Waals surface area contributed by atoms with E-state index in [-0.39, 0.29) is 18.0 Å². The first-order chi connectivity index (χ1) is 13.2. The quantitative estimate of drug-likeness (QED) is 0.648. The lowest BCUT2D eigenvalue weighted by molar-refractivity contribution is -0.122. The Morgan fingerprint density at radius 2 is 2.11 bits per heavy atom. The number of aromatic nitrogens is 3. The van der Waals surface area contributed by atoms with Crippen molar-refractivity contribution in [3.63, 3.8) is 0 Å². The van der Waals surface area contributed by atoms with Crippen LogP contribution >= 0.6 is 0 Å². The number of H-pyrrole nitrogens is 1. The molecule has 0 saturated carbocycles. The van der Waals surface area contributed by atoms with Gasteiger partial charge in [-0.05, 0) is 38.0 Å². The largest absolute Gasteiger partial charge is 0.374 e. The Morgan fingerprint density at radius 3 is 2.96 bits per heavy atom. The van der Waals surface area contributed by atoms with Crippen LogP contribution in [0.2, 0.25) is 0 Å². The summed E-state index contributed by atoms with van der Waals surface area (Å²) in [4.78, 5) is 26.7. The zero-order chi connectivity index (χ0) is 18.6. The number of aromatic amines is 1. The molecule has 1 amide bonds. The number of benzene rings is 1. The highest BCUT2D eigenvalue weighted by Gasteiger charge is 2.25. The second kappa shape index (κ2) is 7.65. The van der Waals surface area contributed by atoms with Crippen LogP contribution in [-0.2, 0) is 4.79 Å². The summed E-state index contributed by atoms with van der Waals surface area (Å²) in [5.41, 5.74) is 1.79. The Morgan fingerprint density at radius 1 is 1.26 bits per heavy atom. The third-order valence-electron chi connectivity index (χ3n) is 4.95. The lowest BCUT2D eigenvalue weighted by atomic mass is 10.0. The van der Waals surface area contributed by atoms with Gasteiger partial charge in [-0.2, -0.15) is 0 Å². The van der Waals surface area contributed by atoms with Crippen LogP contribution in [0.4, 0.5) is 11.5 Å². The Labute approximate surface area is 158 Å². The summed E-state index contributed by atoms with van der Waals surface area (Å²) in [7, 11) is 0. The summed E-state index contributed by atoms with van der Waals surface area (Å²) in [6, 6.07) is 11.6. The number of hydrogen-bond donors (Lipinski definition) is 3. The molecule has 1 aliphatic rings. The minimum absolute atomic E-state index is 0.0141. The van der Waals surface area contributed by atoms with Gasteiger partial charge in [0.2, 0.25) is 5.91 Å². The van der Waals surface area contributed by atoms with Crippen LogP contribution in [0, 0.1) is 0 Å². The van der Waals surface area contributed by atoms with E-state index in [2.05, 4.69) is 30.5 Å². The molecular weight excluding hydrogens is 340 g/mol. The summed E-state index contributed by atoms with van der Waals surface area (Å²) in [6.07, 6.45) is 5.45. The number of nitrogens with zero attached hydrogens (tertiary/aromatic N) is 3. The second-order valence-electron chi connectivity index (χ2n) is 6.96. The number of piperidine rings is 1. The van der Waals surface area contributed by atoms with Crippen LogP contribution in [0.3, 0.4) is 0 Å². The van der Waals surface area contributed by atoms with E-state index in [1.165, 1.54) is 0 Å². The van der Waals surface area contributed by atoms with Crippen molar-refractivity contribution in [2.24, 2.45) is 0 Å². The van der Waals surface area contributed by atoms with Gasteiger partial charge in [0.05, 0.1) is 5.39 Å². The molecular formula is C20H24N6O. The van der Waals surface area contributed by atoms with Crippen LogP contribution in [0.1, 0.15) is 19.8 Å². The number of carbonyl (C=O) groups excluding carboxylic acids is 1. The van der Waals surface area contributed by atoms with Gasteiger partial charge in [-0.15, -0.1) is 0 Å². The molecule has 1 aliphatic heterocycles. The van der Waals surface area contributed by atoms with Crippen LogP contribution in [0.5, 0.6) is 0 Å². The third kappa shape index (κ3) is 3.86. The SMILES string of the molecule is C[C@H](Nc1ccccc1)C(=O)NC1CCCN(c2ncnc3[nH]ccc23)C1. The Bertz CT molecular complexity index is 909. The van der Waals surface area contributed by atoms with E-state index in [0.29, 0.717) is 0 Å². The van der Waals surface area contributed by atoms with E-state index in [1.54, 1.807) is 6.33 Å². The molecule has 1 aromatic carbocycles. The Hall–Kier alpha value is -3.09. The standard InChI is InChI=1S/C20H24N6O/c1-14(24-15-6-3-2-4-7-15)20(27)25-16-8-5-11-26(12-16)19-17-9-10-21-18(17)22-13-23-19/h2-4,6-7,9-10,13-14,16,24H,5,8,11-12H2,1H3,(H,25,27)(H,21,22,23)/t14-,16?/m0/s1. The van der Waals surface area contributed by atoms with Crippen molar-refractivity contribution in [2.75, 3.05) is 23.3 Å². The number of rotatable bonds is 5. The maximum absolute atomic E-state index is 12.6. The fraction of sp³-hybridized carbons (Fsp3) is 0.350. The van der Waals surface area contributed by atoms with Crippen molar-refractivity contribution in [2.45, 2.75) is 31.8 Å². The van der Waals surface area contributed by atoms with Crippen LogP contribution in [0.25, 0.3) is 11.0 Å². The monoisotopic (exact) mass is 364 g/mol. The van der Waals surface area contributed by atoms with E-state index in [0.717, 1.165) is 48.5 Å². The van der Waals surface area contributed by atoms with Crippen molar-refractivity contribution in [3.05, 3.63) is 48.9 Å².